The van der Waals surface area contributed by atoms with Crippen molar-refractivity contribution in [2.45, 2.75) is 32.3 Å². The minimum atomic E-state index is -1.08. The van der Waals surface area contributed by atoms with Gasteiger partial charge in [0.2, 0.25) is 0 Å². The molecule has 1 saturated carbocycles. The maximum Gasteiger partial charge on any atom is 0.147 e. The zero-order valence-corrected chi connectivity index (χ0v) is 8.42. The highest BCUT2D eigenvalue weighted by Gasteiger charge is 2.53. The van der Waals surface area contributed by atoms with Gasteiger partial charge in [-0.05, 0) is 25.8 Å². The molecular formula is C11H14FNO. The third-order valence-corrected chi connectivity index (χ3v) is 3.47. The van der Waals surface area contributed by atoms with Gasteiger partial charge in [-0.25, -0.2) is 4.39 Å². The number of rotatable bonds is 2. The largest absolute Gasteiger partial charge is 0.385 e. The van der Waals surface area contributed by atoms with Crippen molar-refractivity contribution in [2.75, 3.05) is 0 Å². The summed E-state index contributed by atoms with van der Waals surface area (Å²) in [5, 5.41) is 10.3. The van der Waals surface area contributed by atoms with E-state index in [0.717, 1.165) is 19.0 Å². The van der Waals surface area contributed by atoms with E-state index in [4.69, 9.17) is 0 Å². The SMILES string of the molecule is CC1(C(C)(O)c2ccncc2F)CC1. The highest BCUT2D eigenvalue weighted by molar-refractivity contribution is 5.25. The van der Waals surface area contributed by atoms with Gasteiger partial charge in [0, 0.05) is 17.2 Å². The maximum atomic E-state index is 13.4. The highest BCUT2D eigenvalue weighted by atomic mass is 19.1. The maximum absolute atomic E-state index is 13.4. The summed E-state index contributed by atoms with van der Waals surface area (Å²) in [5.74, 6) is -0.425. The van der Waals surface area contributed by atoms with Crippen LogP contribution in [0.15, 0.2) is 18.5 Å². The van der Waals surface area contributed by atoms with Crippen LogP contribution < -0.4 is 0 Å². The first-order valence-corrected chi connectivity index (χ1v) is 4.80. The van der Waals surface area contributed by atoms with E-state index in [9.17, 15) is 9.50 Å². The molecule has 1 aliphatic rings. The van der Waals surface area contributed by atoms with Crippen LogP contribution in [-0.2, 0) is 5.60 Å². The number of pyridine rings is 1. The van der Waals surface area contributed by atoms with Crippen LogP contribution >= 0.6 is 0 Å². The van der Waals surface area contributed by atoms with E-state index >= 15 is 0 Å². The Balaban J connectivity index is 2.44. The third kappa shape index (κ3) is 1.23. The molecule has 0 bridgehead atoms. The summed E-state index contributed by atoms with van der Waals surface area (Å²) in [5.41, 5.74) is -0.901. The summed E-state index contributed by atoms with van der Waals surface area (Å²) in [6.07, 6.45) is 4.55. The van der Waals surface area contributed by atoms with Crippen molar-refractivity contribution in [3.63, 3.8) is 0 Å². The van der Waals surface area contributed by atoms with Gasteiger partial charge in [0.25, 0.3) is 0 Å². The van der Waals surface area contributed by atoms with Gasteiger partial charge in [0.05, 0.1) is 11.8 Å². The van der Waals surface area contributed by atoms with E-state index in [2.05, 4.69) is 4.98 Å². The number of hydrogen-bond acceptors (Lipinski definition) is 2. The predicted molar refractivity (Wildman–Crippen MR) is 51.1 cm³/mol. The smallest absolute Gasteiger partial charge is 0.147 e. The normalized spacial score (nSPS) is 22.9. The molecular weight excluding hydrogens is 181 g/mol. The average Bonchev–Trinajstić information content (AvgIpc) is 2.86. The summed E-state index contributed by atoms with van der Waals surface area (Å²) in [7, 11) is 0. The third-order valence-electron chi connectivity index (χ3n) is 3.47. The van der Waals surface area contributed by atoms with Crippen molar-refractivity contribution in [1.82, 2.24) is 4.98 Å². The fourth-order valence-electron chi connectivity index (χ4n) is 1.77. The van der Waals surface area contributed by atoms with Gasteiger partial charge in [-0.3, -0.25) is 4.98 Å². The van der Waals surface area contributed by atoms with Crippen molar-refractivity contribution >= 4 is 0 Å². The summed E-state index contributed by atoms with van der Waals surface area (Å²) in [6, 6.07) is 1.55. The van der Waals surface area contributed by atoms with Crippen molar-refractivity contribution < 1.29 is 9.50 Å². The first kappa shape index (κ1) is 9.59. The molecule has 0 aliphatic heterocycles. The lowest BCUT2D eigenvalue weighted by molar-refractivity contribution is -0.0158. The summed E-state index contributed by atoms with van der Waals surface area (Å²) in [6.45, 7) is 3.66. The Morgan fingerprint density at radius 2 is 2.21 bits per heavy atom. The zero-order chi connectivity index (χ0) is 10.4. The summed E-state index contributed by atoms with van der Waals surface area (Å²) >= 11 is 0. The highest BCUT2D eigenvalue weighted by Crippen LogP contribution is 2.57. The molecule has 3 heteroatoms. The van der Waals surface area contributed by atoms with E-state index < -0.39 is 11.4 Å². The molecule has 1 fully saturated rings. The molecule has 1 aromatic rings. The predicted octanol–water partition coefficient (Wildman–Crippen LogP) is 2.23. The van der Waals surface area contributed by atoms with Crippen LogP contribution in [0.25, 0.3) is 0 Å². The second-order valence-electron chi connectivity index (χ2n) is 4.49. The number of nitrogens with zero attached hydrogens (tertiary/aromatic N) is 1. The summed E-state index contributed by atoms with van der Waals surface area (Å²) < 4.78 is 13.4. The lowest BCUT2D eigenvalue weighted by Gasteiger charge is -2.31. The first-order chi connectivity index (χ1) is 6.47. The van der Waals surface area contributed by atoms with Crippen molar-refractivity contribution in [3.05, 3.63) is 29.8 Å². The number of halogens is 1. The van der Waals surface area contributed by atoms with Gasteiger partial charge in [-0.2, -0.15) is 0 Å². The summed E-state index contributed by atoms with van der Waals surface area (Å²) in [4.78, 5) is 3.67. The number of aromatic nitrogens is 1. The minimum absolute atomic E-state index is 0.171. The zero-order valence-electron chi connectivity index (χ0n) is 8.42. The Morgan fingerprint density at radius 1 is 1.57 bits per heavy atom. The topological polar surface area (TPSA) is 33.1 Å². The van der Waals surface area contributed by atoms with Crippen LogP contribution in [0.4, 0.5) is 4.39 Å². The van der Waals surface area contributed by atoms with Gasteiger partial charge in [0.15, 0.2) is 0 Å². The monoisotopic (exact) mass is 195 g/mol. The van der Waals surface area contributed by atoms with E-state index in [1.54, 1.807) is 13.0 Å². The van der Waals surface area contributed by atoms with E-state index in [-0.39, 0.29) is 5.41 Å². The molecule has 0 aromatic carbocycles. The molecule has 0 spiro atoms. The van der Waals surface area contributed by atoms with Gasteiger partial charge < -0.3 is 5.11 Å². The standard InChI is InChI=1S/C11H14FNO/c1-10(4-5-10)11(2,14)8-3-6-13-7-9(8)12/h3,6-7,14H,4-5H2,1-2H3. The van der Waals surface area contributed by atoms with Crippen LogP contribution in [0.1, 0.15) is 32.3 Å². The Hall–Kier alpha value is -0.960. The fourth-order valence-corrected chi connectivity index (χ4v) is 1.77. The number of hydrogen-bond donors (Lipinski definition) is 1. The molecule has 1 aliphatic carbocycles. The van der Waals surface area contributed by atoms with Gasteiger partial charge >= 0.3 is 0 Å². The quantitative estimate of drug-likeness (QED) is 0.785. The number of aliphatic hydroxyl groups is 1. The molecule has 1 unspecified atom stereocenters. The Morgan fingerprint density at radius 3 is 2.71 bits per heavy atom. The van der Waals surface area contributed by atoms with Crippen molar-refractivity contribution in [3.8, 4) is 0 Å². The molecule has 1 heterocycles. The van der Waals surface area contributed by atoms with Crippen LogP contribution in [0, 0.1) is 11.2 Å². The molecule has 0 amide bonds. The molecule has 14 heavy (non-hydrogen) atoms. The molecule has 1 N–H and O–H groups in total. The fraction of sp³-hybridized carbons (Fsp3) is 0.545. The van der Waals surface area contributed by atoms with E-state index in [0.29, 0.717) is 5.56 Å². The molecule has 1 aromatic heterocycles. The van der Waals surface area contributed by atoms with E-state index in [1.165, 1.54) is 6.20 Å². The Bertz CT molecular complexity index is 358. The average molecular weight is 195 g/mol. The van der Waals surface area contributed by atoms with E-state index in [1.807, 2.05) is 6.92 Å². The van der Waals surface area contributed by atoms with Crippen LogP contribution in [0.3, 0.4) is 0 Å². The molecule has 0 saturated heterocycles. The Labute approximate surface area is 82.8 Å². The van der Waals surface area contributed by atoms with Crippen LogP contribution in [0.2, 0.25) is 0 Å². The second-order valence-corrected chi connectivity index (χ2v) is 4.49. The lowest BCUT2D eigenvalue weighted by atomic mass is 9.81. The van der Waals surface area contributed by atoms with Crippen LogP contribution in [-0.4, -0.2) is 10.1 Å². The lowest BCUT2D eigenvalue weighted by Crippen LogP contribution is -2.32. The van der Waals surface area contributed by atoms with Crippen LogP contribution in [0.5, 0.6) is 0 Å². The molecule has 1 atom stereocenters. The second kappa shape index (κ2) is 2.76. The van der Waals surface area contributed by atoms with Crippen molar-refractivity contribution in [1.29, 1.82) is 0 Å². The van der Waals surface area contributed by atoms with Gasteiger partial charge in [0.1, 0.15) is 5.82 Å². The van der Waals surface area contributed by atoms with Gasteiger partial charge in [-0.1, -0.05) is 6.92 Å². The molecule has 76 valence electrons. The molecule has 2 rings (SSSR count). The first-order valence-electron chi connectivity index (χ1n) is 4.80. The molecule has 2 nitrogen and oxygen atoms in total. The van der Waals surface area contributed by atoms with Gasteiger partial charge in [-0.15, -0.1) is 0 Å². The minimum Gasteiger partial charge on any atom is -0.385 e. The Kier molecular flexibility index (Phi) is 1.89. The molecule has 0 radical (unpaired) electrons. The van der Waals surface area contributed by atoms with Crippen molar-refractivity contribution in [2.24, 2.45) is 5.41 Å².